The highest BCUT2D eigenvalue weighted by Gasteiger charge is 2.29. The van der Waals surface area contributed by atoms with Crippen molar-refractivity contribution in [3.63, 3.8) is 0 Å². The molecule has 31 heavy (non-hydrogen) atoms. The number of aromatic nitrogens is 3. The summed E-state index contributed by atoms with van der Waals surface area (Å²) in [6, 6.07) is 3.19. The molecule has 3 aromatic rings. The van der Waals surface area contributed by atoms with Crippen LogP contribution in [0.1, 0.15) is 57.8 Å². The Labute approximate surface area is 182 Å². The van der Waals surface area contributed by atoms with Crippen LogP contribution in [0.3, 0.4) is 0 Å². The number of thiophene rings is 1. The van der Waals surface area contributed by atoms with E-state index in [0.29, 0.717) is 16.2 Å². The molecule has 0 saturated carbocycles. The number of pyridine rings is 1. The average molecular weight is 442 g/mol. The third-order valence-electron chi connectivity index (χ3n) is 5.07. The Morgan fingerprint density at radius 3 is 2.84 bits per heavy atom. The van der Waals surface area contributed by atoms with Crippen LogP contribution in [-0.4, -0.2) is 45.2 Å². The molecule has 1 N–H and O–H groups in total. The molecular formula is C21H22N4O5S. The summed E-state index contributed by atoms with van der Waals surface area (Å²) in [5.74, 6) is -1.60. The lowest BCUT2D eigenvalue weighted by atomic mass is 9.95. The van der Waals surface area contributed by atoms with Gasteiger partial charge in [-0.3, -0.25) is 9.20 Å². The number of hydrogen-bond acceptors (Lipinski definition) is 8. The number of ether oxygens (including phenoxy) is 2. The van der Waals surface area contributed by atoms with E-state index in [0.717, 1.165) is 36.1 Å². The van der Waals surface area contributed by atoms with Crippen molar-refractivity contribution in [2.24, 2.45) is 0 Å². The van der Waals surface area contributed by atoms with Gasteiger partial charge in [0, 0.05) is 11.1 Å². The van der Waals surface area contributed by atoms with Crippen LogP contribution in [0.5, 0.6) is 0 Å². The zero-order chi connectivity index (χ0) is 22.0. The summed E-state index contributed by atoms with van der Waals surface area (Å²) in [4.78, 5) is 38.8. The van der Waals surface area contributed by atoms with Crippen LogP contribution in [-0.2, 0) is 27.1 Å². The van der Waals surface area contributed by atoms with Crippen LogP contribution in [0, 0.1) is 0 Å². The summed E-state index contributed by atoms with van der Waals surface area (Å²) < 4.78 is 12.1. The lowest BCUT2D eigenvalue weighted by Crippen LogP contribution is -2.30. The third-order valence-corrected chi connectivity index (χ3v) is 6.27. The monoisotopic (exact) mass is 442 g/mol. The van der Waals surface area contributed by atoms with Gasteiger partial charge in [0.1, 0.15) is 11.3 Å². The van der Waals surface area contributed by atoms with E-state index in [1.165, 1.54) is 30.8 Å². The van der Waals surface area contributed by atoms with E-state index in [-0.39, 0.29) is 12.2 Å². The highest BCUT2D eigenvalue weighted by Crippen LogP contribution is 2.38. The predicted octanol–water partition coefficient (Wildman–Crippen LogP) is 3.03. The van der Waals surface area contributed by atoms with Gasteiger partial charge in [0.2, 0.25) is 0 Å². The summed E-state index contributed by atoms with van der Waals surface area (Å²) in [6.45, 7) is 3.48. The van der Waals surface area contributed by atoms with Crippen molar-refractivity contribution >= 4 is 39.8 Å². The number of fused-ring (bicyclic) bond motifs is 2. The van der Waals surface area contributed by atoms with Gasteiger partial charge in [-0.25, -0.2) is 9.59 Å². The van der Waals surface area contributed by atoms with Crippen LogP contribution >= 0.6 is 11.3 Å². The molecule has 0 radical (unpaired) electrons. The number of amides is 1. The van der Waals surface area contributed by atoms with Crippen molar-refractivity contribution in [3.05, 3.63) is 46.2 Å². The Hall–Kier alpha value is -3.27. The third kappa shape index (κ3) is 4.29. The van der Waals surface area contributed by atoms with Crippen molar-refractivity contribution in [1.29, 1.82) is 0 Å². The molecule has 3 heterocycles. The lowest BCUT2D eigenvalue weighted by Gasteiger charge is -2.14. The van der Waals surface area contributed by atoms with E-state index in [4.69, 9.17) is 9.47 Å². The maximum absolute atomic E-state index is 12.7. The SMILES string of the molecule is CCOC(=O)c1c(NC(=O)C(C)OC(=O)c2ccc3nncn3c2)sc2c1CCCC2. The second-order valence-corrected chi connectivity index (χ2v) is 8.29. The minimum atomic E-state index is -1.06. The number of nitrogens with zero attached hydrogens (tertiary/aromatic N) is 3. The molecule has 0 saturated heterocycles. The van der Waals surface area contributed by atoms with E-state index in [1.807, 2.05) is 0 Å². The van der Waals surface area contributed by atoms with Crippen molar-refractivity contribution in [2.75, 3.05) is 11.9 Å². The maximum Gasteiger partial charge on any atom is 0.341 e. The van der Waals surface area contributed by atoms with Crippen molar-refractivity contribution in [1.82, 2.24) is 14.6 Å². The average Bonchev–Trinajstić information content (AvgIpc) is 3.37. The van der Waals surface area contributed by atoms with Gasteiger partial charge in [0.25, 0.3) is 5.91 Å². The molecule has 1 aliphatic rings. The minimum Gasteiger partial charge on any atom is -0.462 e. The van der Waals surface area contributed by atoms with Crippen molar-refractivity contribution in [3.8, 4) is 0 Å². The van der Waals surface area contributed by atoms with E-state index in [1.54, 1.807) is 23.5 Å². The Morgan fingerprint density at radius 2 is 2.03 bits per heavy atom. The van der Waals surface area contributed by atoms with Gasteiger partial charge in [-0.2, -0.15) is 0 Å². The van der Waals surface area contributed by atoms with Gasteiger partial charge in [0.05, 0.1) is 17.7 Å². The van der Waals surface area contributed by atoms with Gasteiger partial charge in [-0.05, 0) is 57.2 Å². The predicted molar refractivity (Wildman–Crippen MR) is 113 cm³/mol. The first-order valence-corrected chi connectivity index (χ1v) is 10.9. The molecular weight excluding hydrogens is 420 g/mol. The number of esters is 2. The van der Waals surface area contributed by atoms with E-state index >= 15 is 0 Å². The molecule has 162 valence electrons. The number of nitrogens with one attached hydrogen (secondary N) is 1. The molecule has 1 atom stereocenters. The normalized spacial score (nSPS) is 14.0. The van der Waals surface area contributed by atoms with Crippen LogP contribution in [0.4, 0.5) is 5.00 Å². The van der Waals surface area contributed by atoms with Gasteiger partial charge in [-0.15, -0.1) is 21.5 Å². The second-order valence-electron chi connectivity index (χ2n) is 7.19. The molecule has 3 aromatic heterocycles. The number of aryl methyl sites for hydroxylation is 1. The highest BCUT2D eigenvalue weighted by atomic mass is 32.1. The smallest absolute Gasteiger partial charge is 0.341 e. The Balaban J connectivity index is 1.49. The zero-order valence-corrected chi connectivity index (χ0v) is 18.0. The topological polar surface area (TPSA) is 112 Å². The first kappa shape index (κ1) is 21.0. The first-order chi connectivity index (χ1) is 15.0. The van der Waals surface area contributed by atoms with E-state index in [9.17, 15) is 14.4 Å². The number of hydrogen-bond donors (Lipinski definition) is 1. The van der Waals surface area contributed by atoms with E-state index < -0.39 is 23.9 Å². The molecule has 10 heteroatoms. The van der Waals surface area contributed by atoms with Gasteiger partial charge in [-0.1, -0.05) is 0 Å². The largest absolute Gasteiger partial charge is 0.462 e. The number of carbonyl (C=O) groups is 3. The Kier molecular flexibility index (Phi) is 5.99. The van der Waals surface area contributed by atoms with Gasteiger partial charge >= 0.3 is 11.9 Å². The molecule has 1 aliphatic carbocycles. The zero-order valence-electron chi connectivity index (χ0n) is 17.2. The van der Waals surface area contributed by atoms with Crippen molar-refractivity contribution in [2.45, 2.75) is 45.6 Å². The fourth-order valence-corrected chi connectivity index (χ4v) is 4.80. The fraction of sp³-hybridized carbons (Fsp3) is 0.381. The maximum atomic E-state index is 12.7. The van der Waals surface area contributed by atoms with Crippen LogP contribution in [0.15, 0.2) is 24.7 Å². The summed E-state index contributed by atoms with van der Waals surface area (Å²) in [7, 11) is 0. The summed E-state index contributed by atoms with van der Waals surface area (Å²) in [5, 5.41) is 10.9. The molecule has 0 spiro atoms. The summed E-state index contributed by atoms with van der Waals surface area (Å²) in [6.07, 6.45) is 5.65. The molecule has 0 aliphatic heterocycles. The molecule has 1 unspecified atom stereocenters. The summed E-state index contributed by atoms with van der Waals surface area (Å²) in [5.41, 5.74) is 2.24. The van der Waals surface area contributed by atoms with E-state index in [2.05, 4.69) is 15.5 Å². The molecule has 0 aromatic carbocycles. The van der Waals surface area contributed by atoms with Gasteiger partial charge in [0.15, 0.2) is 11.8 Å². The second kappa shape index (κ2) is 8.84. The molecule has 0 fully saturated rings. The molecule has 9 nitrogen and oxygen atoms in total. The van der Waals surface area contributed by atoms with Crippen LogP contribution < -0.4 is 5.32 Å². The highest BCUT2D eigenvalue weighted by molar-refractivity contribution is 7.17. The minimum absolute atomic E-state index is 0.252. The Morgan fingerprint density at radius 1 is 1.23 bits per heavy atom. The lowest BCUT2D eigenvalue weighted by molar-refractivity contribution is -0.123. The molecule has 4 rings (SSSR count). The van der Waals surface area contributed by atoms with Crippen molar-refractivity contribution < 1.29 is 23.9 Å². The van der Waals surface area contributed by atoms with Crippen LogP contribution in [0.2, 0.25) is 0 Å². The standard InChI is InChI=1S/C21H22N4O5S/c1-3-29-21(28)17-14-6-4-5-7-15(14)31-19(17)23-18(26)12(2)30-20(27)13-8-9-16-24-22-11-25(16)10-13/h8-12H,3-7H2,1-2H3,(H,23,26). The number of anilines is 1. The summed E-state index contributed by atoms with van der Waals surface area (Å²) >= 11 is 1.39. The van der Waals surface area contributed by atoms with Gasteiger partial charge < -0.3 is 14.8 Å². The number of carbonyl (C=O) groups excluding carboxylic acids is 3. The van der Waals surface area contributed by atoms with Crippen LogP contribution in [0.25, 0.3) is 5.65 Å². The number of rotatable bonds is 6. The Bertz CT molecular complexity index is 1150. The molecule has 1 amide bonds. The fourth-order valence-electron chi connectivity index (χ4n) is 3.52. The quantitative estimate of drug-likeness (QED) is 0.584. The first-order valence-electron chi connectivity index (χ1n) is 10.1. The molecule has 0 bridgehead atoms.